The van der Waals surface area contributed by atoms with E-state index in [0.29, 0.717) is 18.0 Å². The Morgan fingerprint density at radius 3 is 2.78 bits per heavy atom. The lowest BCUT2D eigenvalue weighted by Crippen LogP contribution is -1.98. The minimum absolute atomic E-state index is 0.319. The molecule has 0 aliphatic heterocycles. The number of nitrogens with zero attached hydrogens (tertiary/aromatic N) is 1. The topological polar surface area (TPSA) is 48.1 Å². The monoisotopic (exact) mass is 246 g/mol. The maximum atomic E-state index is 13.2. The predicted octanol–water partition coefficient (Wildman–Crippen LogP) is 3.26. The second kappa shape index (κ2) is 5.49. The highest BCUT2D eigenvalue weighted by molar-refractivity contribution is 5.67. The van der Waals surface area contributed by atoms with Crippen molar-refractivity contribution >= 4 is 5.69 Å². The molecule has 0 radical (unpaired) electrons. The fourth-order valence-electron chi connectivity index (χ4n) is 1.60. The van der Waals surface area contributed by atoms with Gasteiger partial charge in [-0.3, -0.25) is 4.98 Å². The normalized spacial score (nSPS) is 10.3. The third kappa shape index (κ3) is 2.77. The van der Waals surface area contributed by atoms with Crippen LogP contribution in [0, 0.1) is 5.82 Å². The molecule has 0 unspecified atom stereocenters. The summed E-state index contributed by atoms with van der Waals surface area (Å²) in [5.41, 5.74) is 7.67. The van der Waals surface area contributed by atoms with Gasteiger partial charge < -0.3 is 10.5 Å². The number of nitrogen functional groups attached to an aromatic ring is 1. The van der Waals surface area contributed by atoms with E-state index in [0.717, 1.165) is 17.7 Å². The van der Waals surface area contributed by atoms with Crippen LogP contribution in [0.3, 0.4) is 0 Å². The van der Waals surface area contributed by atoms with Crippen LogP contribution in [0.2, 0.25) is 0 Å². The summed E-state index contributed by atoms with van der Waals surface area (Å²) < 4.78 is 18.8. The first kappa shape index (κ1) is 12.4. The Balaban J connectivity index is 2.39. The van der Waals surface area contributed by atoms with Crippen LogP contribution >= 0.6 is 0 Å². The molecule has 94 valence electrons. The average molecular weight is 246 g/mol. The van der Waals surface area contributed by atoms with Gasteiger partial charge in [-0.15, -0.1) is 0 Å². The van der Waals surface area contributed by atoms with Gasteiger partial charge in [0.1, 0.15) is 11.6 Å². The minimum Gasteiger partial charge on any atom is -0.493 e. The van der Waals surface area contributed by atoms with Gasteiger partial charge >= 0.3 is 0 Å². The fraction of sp³-hybridized carbons (Fsp3) is 0.214. The van der Waals surface area contributed by atoms with Gasteiger partial charge in [0.2, 0.25) is 0 Å². The largest absolute Gasteiger partial charge is 0.493 e. The Morgan fingerprint density at radius 1 is 1.28 bits per heavy atom. The van der Waals surface area contributed by atoms with Crippen molar-refractivity contribution in [2.75, 3.05) is 12.3 Å². The highest BCUT2D eigenvalue weighted by Gasteiger charge is 2.08. The Hall–Kier alpha value is -2.10. The van der Waals surface area contributed by atoms with Crippen molar-refractivity contribution in [2.24, 2.45) is 0 Å². The summed E-state index contributed by atoms with van der Waals surface area (Å²) in [4.78, 5) is 4.22. The van der Waals surface area contributed by atoms with Gasteiger partial charge in [0.05, 0.1) is 24.2 Å². The summed E-state index contributed by atoms with van der Waals surface area (Å²) >= 11 is 0. The number of hydrogen-bond acceptors (Lipinski definition) is 3. The second-order valence-electron chi connectivity index (χ2n) is 3.97. The molecule has 1 aromatic carbocycles. The van der Waals surface area contributed by atoms with E-state index in [1.165, 1.54) is 12.1 Å². The Morgan fingerprint density at radius 2 is 2.11 bits per heavy atom. The van der Waals surface area contributed by atoms with E-state index < -0.39 is 0 Å². The van der Waals surface area contributed by atoms with Gasteiger partial charge in [-0.05, 0) is 30.7 Å². The summed E-state index contributed by atoms with van der Waals surface area (Å²) in [7, 11) is 0. The van der Waals surface area contributed by atoms with E-state index in [4.69, 9.17) is 10.5 Å². The van der Waals surface area contributed by atoms with E-state index in [-0.39, 0.29) is 5.82 Å². The first-order valence-corrected chi connectivity index (χ1v) is 5.85. The molecule has 0 aliphatic carbocycles. The second-order valence-corrected chi connectivity index (χ2v) is 3.97. The zero-order chi connectivity index (χ0) is 13.0. The molecule has 0 atom stereocenters. The summed E-state index contributed by atoms with van der Waals surface area (Å²) in [5.74, 6) is 0.189. The van der Waals surface area contributed by atoms with E-state index in [2.05, 4.69) is 4.98 Å². The number of ether oxygens (including phenoxy) is 1. The molecule has 1 heterocycles. The minimum atomic E-state index is -0.319. The molecule has 0 amide bonds. The van der Waals surface area contributed by atoms with Gasteiger partial charge in [0.15, 0.2) is 0 Å². The smallest absolute Gasteiger partial charge is 0.131 e. The van der Waals surface area contributed by atoms with Crippen molar-refractivity contribution < 1.29 is 9.13 Å². The van der Waals surface area contributed by atoms with Crippen molar-refractivity contribution in [3.63, 3.8) is 0 Å². The lowest BCUT2D eigenvalue weighted by molar-refractivity contribution is 0.317. The molecule has 0 spiro atoms. The van der Waals surface area contributed by atoms with Crippen LogP contribution in [-0.4, -0.2) is 11.6 Å². The molecule has 4 heteroatoms. The van der Waals surface area contributed by atoms with Crippen LogP contribution in [0.15, 0.2) is 36.5 Å². The zero-order valence-electron chi connectivity index (χ0n) is 10.2. The molecule has 0 aliphatic rings. The van der Waals surface area contributed by atoms with E-state index in [1.54, 1.807) is 24.4 Å². The lowest BCUT2D eigenvalue weighted by Gasteiger charge is -2.10. The molecule has 3 nitrogen and oxygen atoms in total. The third-order valence-electron chi connectivity index (χ3n) is 2.47. The molecule has 1 aromatic heterocycles. The molecule has 2 aromatic rings. The van der Waals surface area contributed by atoms with E-state index in [9.17, 15) is 4.39 Å². The van der Waals surface area contributed by atoms with Crippen LogP contribution in [-0.2, 0) is 0 Å². The van der Waals surface area contributed by atoms with Crippen LogP contribution in [0.4, 0.5) is 10.1 Å². The van der Waals surface area contributed by atoms with Crippen molar-refractivity contribution in [3.8, 4) is 17.0 Å². The van der Waals surface area contributed by atoms with Crippen molar-refractivity contribution in [1.29, 1.82) is 0 Å². The maximum absolute atomic E-state index is 13.2. The van der Waals surface area contributed by atoms with Crippen LogP contribution < -0.4 is 10.5 Å². The molecule has 2 rings (SSSR count). The summed E-state index contributed by atoms with van der Waals surface area (Å²) in [6.45, 7) is 2.55. The third-order valence-corrected chi connectivity index (χ3v) is 2.47. The van der Waals surface area contributed by atoms with Gasteiger partial charge in [-0.25, -0.2) is 4.39 Å². The first-order valence-electron chi connectivity index (χ1n) is 5.85. The molecule has 0 bridgehead atoms. The summed E-state index contributed by atoms with van der Waals surface area (Å²) in [6.07, 6.45) is 2.44. The number of halogens is 1. The molecule has 0 saturated heterocycles. The average Bonchev–Trinajstić information content (AvgIpc) is 2.38. The number of hydrogen-bond donors (Lipinski definition) is 1. The van der Waals surface area contributed by atoms with Crippen molar-refractivity contribution in [2.45, 2.75) is 13.3 Å². The molecule has 2 N–H and O–H groups in total. The number of rotatable bonds is 4. The number of nitrogens with two attached hydrogens (primary N) is 1. The van der Waals surface area contributed by atoms with E-state index in [1.807, 2.05) is 6.92 Å². The summed E-state index contributed by atoms with van der Waals surface area (Å²) in [6, 6.07) is 7.99. The van der Waals surface area contributed by atoms with Crippen LogP contribution in [0.25, 0.3) is 11.3 Å². The van der Waals surface area contributed by atoms with Crippen molar-refractivity contribution in [3.05, 3.63) is 42.3 Å². The number of pyridine rings is 1. The Kier molecular flexibility index (Phi) is 3.77. The fourth-order valence-corrected chi connectivity index (χ4v) is 1.60. The standard InChI is InChI=1S/C14H15FN2O/c1-2-7-18-14-8-10(15)3-5-12(14)13-6-4-11(16)9-17-13/h3-6,8-9H,2,7,16H2,1H3. The molecule has 0 fully saturated rings. The molecular formula is C14H15FN2O. The van der Waals surface area contributed by atoms with Gasteiger partial charge in [0.25, 0.3) is 0 Å². The maximum Gasteiger partial charge on any atom is 0.131 e. The molecular weight excluding hydrogens is 231 g/mol. The predicted molar refractivity (Wildman–Crippen MR) is 69.8 cm³/mol. The highest BCUT2D eigenvalue weighted by atomic mass is 19.1. The number of anilines is 1. The molecule has 18 heavy (non-hydrogen) atoms. The van der Waals surface area contributed by atoms with Gasteiger partial charge in [-0.1, -0.05) is 6.92 Å². The van der Waals surface area contributed by atoms with Gasteiger partial charge in [-0.2, -0.15) is 0 Å². The number of benzene rings is 1. The van der Waals surface area contributed by atoms with Crippen LogP contribution in [0.1, 0.15) is 13.3 Å². The Labute approximate surface area is 105 Å². The van der Waals surface area contributed by atoms with Gasteiger partial charge in [0, 0.05) is 11.6 Å². The lowest BCUT2D eigenvalue weighted by atomic mass is 10.1. The SMILES string of the molecule is CCCOc1cc(F)ccc1-c1ccc(N)cn1. The first-order chi connectivity index (χ1) is 8.70. The van der Waals surface area contributed by atoms with Crippen molar-refractivity contribution in [1.82, 2.24) is 4.98 Å². The highest BCUT2D eigenvalue weighted by Crippen LogP contribution is 2.29. The van der Waals surface area contributed by atoms with Crippen LogP contribution in [0.5, 0.6) is 5.75 Å². The number of aromatic nitrogens is 1. The molecule has 0 saturated carbocycles. The quantitative estimate of drug-likeness (QED) is 0.900. The van der Waals surface area contributed by atoms with E-state index >= 15 is 0 Å². The Bertz CT molecular complexity index is 526. The zero-order valence-corrected chi connectivity index (χ0v) is 10.2. The summed E-state index contributed by atoms with van der Waals surface area (Å²) in [5, 5.41) is 0.